The maximum atomic E-state index is 13.9. The Morgan fingerprint density at radius 3 is 2.47 bits per heavy atom. The Morgan fingerprint density at radius 1 is 1.00 bits per heavy atom. The van der Waals surface area contributed by atoms with Crippen LogP contribution in [0, 0.1) is 6.92 Å². The highest BCUT2D eigenvalue weighted by molar-refractivity contribution is 6.02. The number of ether oxygens (including phenoxy) is 1. The summed E-state index contributed by atoms with van der Waals surface area (Å²) in [5.41, 5.74) is 3.70. The molecule has 1 atom stereocenters. The zero-order valence-electron chi connectivity index (χ0n) is 19.2. The Morgan fingerprint density at radius 2 is 1.71 bits per heavy atom. The quantitative estimate of drug-likeness (QED) is 0.390. The predicted octanol–water partition coefficient (Wildman–Crippen LogP) is 3.28. The maximum Gasteiger partial charge on any atom is 0.249 e. The number of rotatable bonds is 9. The minimum Gasteiger partial charge on any atom is -0.383 e. The van der Waals surface area contributed by atoms with Crippen LogP contribution in [0.5, 0.6) is 0 Å². The van der Waals surface area contributed by atoms with E-state index in [2.05, 4.69) is 15.6 Å². The number of hydrogen-bond donors (Lipinski definition) is 1. The van der Waals surface area contributed by atoms with Crippen LogP contribution in [0.15, 0.2) is 78.9 Å². The molecule has 0 bridgehead atoms. The second kappa shape index (κ2) is 10.7. The Labute approximate surface area is 198 Å². The number of benzene rings is 3. The van der Waals surface area contributed by atoms with Crippen LogP contribution in [-0.4, -0.2) is 47.1 Å². The average molecular weight is 458 g/mol. The molecule has 0 radical (unpaired) electrons. The summed E-state index contributed by atoms with van der Waals surface area (Å²) in [4.78, 5) is 28.9. The van der Waals surface area contributed by atoms with E-state index in [1.54, 1.807) is 16.7 Å². The number of hydrogen-bond acceptors (Lipinski definition) is 5. The van der Waals surface area contributed by atoms with E-state index in [0.717, 1.165) is 11.1 Å². The van der Waals surface area contributed by atoms with Crippen LogP contribution >= 0.6 is 0 Å². The third-order valence-corrected chi connectivity index (χ3v) is 5.58. The molecule has 0 saturated heterocycles. The highest BCUT2D eigenvalue weighted by Crippen LogP contribution is 2.31. The zero-order chi connectivity index (χ0) is 23.9. The van der Waals surface area contributed by atoms with Gasteiger partial charge in [-0.1, -0.05) is 65.9 Å². The molecule has 8 heteroatoms. The van der Waals surface area contributed by atoms with Crippen molar-refractivity contribution in [1.29, 1.82) is 0 Å². The fourth-order valence-electron chi connectivity index (χ4n) is 3.92. The van der Waals surface area contributed by atoms with Gasteiger partial charge >= 0.3 is 0 Å². The molecule has 3 aromatic carbocycles. The van der Waals surface area contributed by atoms with Gasteiger partial charge in [-0.15, -0.1) is 5.10 Å². The van der Waals surface area contributed by atoms with Crippen molar-refractivity contribution in [3.8, 4) is 0 Å². The highest BCUT2D eigenvalue weighted by atomic mass is 16.5. The zero-order valence-corrected chi connectivity index (χ0v) is 19.2. The van der Waals surface area contributed by atoms with Crippen molar-refractivity contribution in [2.75, 3.05) is 25.2 Å². The van der Waals surface area contributed by atoms with Gasteiger partial charge in [0.25, 0.3) is 0 Å². The maximum absolute atomic E-state index is 13.9. The molecule has 34 heavy (non-hydrogen) atoms. The molecule has 2 amide bonds. The van der Waals surface area contributed by atoms with E-state index < -0.39 is 6.04 Å². The smallest absolute Gasteiger partial charge is 0.249 e. The number of nitrogens with zero attached hydrogens (tertiary/aromatic N) is 4. The van der Waals surface area contributed by atoms with Crippen molar-refractivity contribution in [1.82, 2.24) is 20.3 Å². The first-order chi connectivity index (χ1) is 16.6. The Balaban J connectivity index is 1.77. The number of carbonyl (C=O) groups is 2. The number of aryl methyl sites for hydroxylation is 1. The lowest BCUT2D eigenvalue weighted by atomic mass is 10.0. The van der Waals surface area contributed by atoms with E-state index in [0.29, 0.717) is 29.9 Å². The number of para-hydroxylation sites is 2. The van der Waals surface area contributed by atoms with E-state index in [9.17, 15) is 9.59 Å². The van der Waals surface area contributed by atoms with E-state index >= 15 is 0 Å². The second-order valence-corrected chi connectivity index (χ2v) is 7.88. The average Bonchev–Trinajstić information content (AvgIpc) is 3.26. The number of methoxy groups -OCH3 is 1. The van der Waals surface area contributed by atoms with Gasteiger partial charge in [0.2, 0.25) is 11.8 Å². The van der Waals surface area contributed by atoms with Crippen molar-refractivity contribution in [2.24, 2.45) is 0 Å². The summed E-state index contributed by atoms with van der Waals surface area (Å²) in [5, 5.41) is 11.2. The van der Waals surface area contributed by atoms with E-state index in [4.69, 9.17) is 4.74 Å². The largest absolute Gasteiger partial charge is 0.383 e. The molecule has 174 valence electrons. The molecule has 8 nitrogen and oxygen atoms in total. The second-order valence-electron chi connectivity index (χ2n) is 7.88. The number of aromatic nitrogens is 3. The number of nitrogens with one attached hydrogen (secondary N) is 1. The molecule has 1 N–H and O–H groups in total. The minimum atomic E-state index is -0.874. The van der Waals surface area contributed by atoms with Crippen LogP contribution in [0.25, 0.3) is 11.0 Å². The molecule has 0 fully saturated rings. The number of carbonyl (C=O) groups excluding carboxylic acids is 2. The summed E-state index contributed by atoms with van der Waals surface area (Å²) in [6.07, 6.45) is 0. The van der Waals surface area contributed by atoms with Gasteiger partial charge in [0.05, 0.1) is 12.1 Å². The van der Waals surface area contributed by atoms with Gasteiger partial charge < -0.3 is 10.1 Å². The van der Waals surface area contributed by atoms with E-state index in [1.807, 2.05) is 85.8 Å². The predicted molar refractivity (Wildman–Crippen MR) is 130 cm³/mol. The van der Waals surface area contributed by atoms with E-state index in [-0.39, 0.29) is 18.4 Å². The molecule has 4 rings (SSSR count). The normalized spacial score (nSPS) is 11.8. The van der Waals surface area contributed by atoms with Crippen LogP contribution in [0.4, 0.5) is 5.69 Å². The van der Waals surface area contributed by atoms with Crippen molar-refractivity contribution >= 4 is 28.5 Å². The van der Waals surface area contributed by atoms with Crippen LogP contribution in [0.2, 0.25) is 0 Å². The van der Waals surface area contributed by atoms with E-state index in [1.165, 1.54) is 0 Å². The molecule has 0 unspecified atom stereocenters. The van der Waals surface area contributed by atoms with Gasteiger partial charge in [-0.05, 0) is 36.2 Å². The van der Waals surface area contributed by atoms with Crippen LogP contribution in [0.3, 0.4) is 0 Å². The number of fused-ring (bicyclic) bond motifs is 1. The van der Waals surface area contributed by atoms with Crippen molar-refractivity contribution in [2.45, 2.75) is 19.5 Å². The van der Waals surface area contributed by atoms with Gasteiger partial charge in [0, 0.05) is 19.3 Å². The van der Waals surface area contributed by atoms with Crippen molar-refractivity contribution in [3.05, 3.63) is 90.0 Å². The van der Waals surface area contributed by atoms with Gasteiger partial charge in [-0.3, -0.25) is 14.5 Å². The summed E-state index contributed by atoms with van der Waals surface area (Å²) in [6.45, 7) is 2.56. The molecule has 0 spiro atoms. The molecular weight excluding hydrogens is 430 g/mol. The van der Waals surface area contributed by atoms with Gasteiger partial charge in [-0.25, -0.2) is 4.68 Å². The summed E-state index contributed by atoms with van der Waals surface area (Å²) >= 11 is 0. The summed E-state index contributed by atoms with van der Waals surface area (Å²) in [7, 11) is 1.58. The third kappa shape index (κ3) is 4.97. The lowest BCUT2D eigenvalue weighted by molar-refractivity contribution is -0.127. The first-order valence-corrected chi connectivity index (χ1v) is 11.1. The topological polar surface area (TPSA) is 89.4 Å². The number of amides is 2. The molecule has 0 saturated carbocycles. The Kier molecular flexibility index (Phi) is 7.29. The van der Waals surface area contributed by atoms with Crippen molar-refractivity contribution < 1.29 is 14.3 Å². The standard InChI is InChI=1S/C26H27N5O3/c1-19-10-6-8-14-22(19)31(24(32)18-30-23-15-9-7-13-21(23)28-29-30)25(20-11-4-3-5-12-20)26(33)27-16-17-34-2/h3-15,25H,16-18H2,1-2H3,(H,27,33)/t25-/m1/s1. The van der Waals surface area contributed by atoms with Crippen molar-refractivity contribution in [3.63, 3.8) is 0 Å². The number of anilines is 1. The molecule has 1 heterocycles. The molecule has 4 aromatic rings. The summed E-state index contributed by atoms with van der Waals surface area (Å²) < 4.78 is 6.65. The fraction of sp³-hybridized carbons (Fsp3) is 0.231. The fourth-order valence-corrected chi connectivity index (χ4v) is 3.92. The molecule has 0 aliphatic rings. The third-order valence-electron chi connectivity index (χ3n) is 5.58. The summed E-state index contributed by atoms with van der Waals surface area (Å²) in [5.74, 6) is -0.566. The van der Waals surface area contributed by atoms with Crippen LogP contribution < -0.4 is 10.2 Å². The monoisotopic (exact) mass is 457 g/mol. The Bertz CT molecular complexity index is 1270. The Hall–Kier alpha value is -4.04. The molecule has 1 aromatic heterocycles. The van der Waals surface area contributed by atoms with Crippen LogP contribution in [-0.2, 0) is 20.9 Å². The van der Waals surface area contributed by atoms with Crippen LogP contribution in [0.1, 0.15) is 17.2 Å². The molecule has 0 aliphatic heterocycles. The highest BCUT2D eigenvalue weighted by Gasteiger charge is 2.33. The first kappa shape index (κ1) is 23.1. The minimum absolute atomic E-state index is 0.0659. The van der Waals surface area contributed by atoms with Gasteiger partial charge in [0.1, 0.15) is 18.1 Å². The lowest BCUT2D eigenvalue weighted by Crippen LogP contribution is -2.46. The SMILES string of the molecule is COCCNC(=O)[C@@H](c1ccccc1)N(C(=O)Cn1nnc2ccccc21)c1ccccc1C. The van der Waals surface area contributed by atoms with Gasteiger partial charge in [0.15, 0.2) is 0 Å². The lowest BCUT2D eigenvalue weighted by Gasteiger charge is -2.32. The molecule has 0 aliphatic carbocycles. The summed E-state index contributed by atoms with van der Waals surface area (Å²) in [6, 6.07) is 23.4. The first-order valence-electron chi connectivity index (χ1n) is 11.1. The van der Waals surface area contributed by atoms with Gasteiger partial charge in [-0.2, -0.15) is 0 Å². The molecular formula is C26H27N5O3.